The zero-order chi connectivity index (χ0) is 8.27. The van der Waals surface area contributed by atoms with E-state index in [1.807, 2.05) is 0 Å². The largest absolute Gasteiger partial charge is 0.387 e. The third kappa shape index (κ3) is 2.43. The molecule has 0 saturated heterocycles. The molecular formula is C7H7BrClNO. The molecule has 0 unspecified atom stereocenters. The van der Waals surface area contributed by atoms with Crippen molar-refractivity contribution in [3.8, 4) is 0 Å². The molecule has 0 aliphatic carbocycles. The van der Waals surface area contributed by atoms with E-state index in [-0.39, 0.29) is 0 Å². The van der Waals surface area contributed by atoms with Crippen molar-refractivity contribution in [1.82, 2.24) is 4.98 Å². The summed E-state index contributed by atoms with van der Waals surface area (Å²) < 4.78 is 0. The average molecular weight is 236 g/mol. The van der Waals surface area contributed by atoms with Crippen LogP contribution >= 0.6 is 27.5 Å². The molecule has 1 aromatic heterocycles. The van der Waals surface area contributed by atoms with Crippen molar-refractivity contribution in [3.63, 3.8) is 0 Å². The van der Waals surface area contributed by atoms with Crippen molar-refractivity contribution in [3.05, 3.63) is 29.0 Å². The molecule has 1 heterocycles. The smallest absolute Gasteiger partial charge is 0.129 e. The second-order valence-corrected chi connectivity index (χ2v) is 3.12. The van der Waals surface area contributed by atoms with Gasteiger partial charge in [0.2, 0.25) is 0 Å². The number of hydrogen-bond acceptors (Lipinski definition) is 2. The van der Waals surface area contributed by atoms with Crippen LogP contribution in [-0.2, 0) is 0 Å². The molecular weight excluding hydrogens is 229 g/mol. The SMILES string of the molecule is O[C@@H](CBr)c1ccc(Cl)nc1. The van der Waals surface area contributed by atoms with Gasteiger partial charge in [-0.1, -0.05) is 33.6 Å². The molecule has 0 bridgehead atoms. The van der Waals surface area contributed by atoms with Crippen molar-refractivity contribution in [2.45, 2.75) is 6.10 Å². The maximum Gasteiger partial charge on any atom is 0.129 e. The first-order valence-electron chi connectivity index (χ1n) is 3.09. The molecule has 11 heavy (non-hydrogen) atoms. The highest BCUT2D eigenvalue weighted by Gasteiger charge is 2.04. The first-order chi connectivity index (χ1) is 5.24. The van der Waals surface area contributed by atoms with E-state index in [4.69, 9.17) is 11.6 Å². The van der Waals surface area contributed by atoms with E-state index in [0.717, 1.165) is 5.56 Å². The van der Waals surface area contributed by atoms with E-state index in [0.29, 0.717) is 10.5 Å². The van der Waals surface area contributed by atoms with Gasteiger partial charge >= 0.3 is 0 Å². The molecule has 0 radical (unpaired) electrons. The summed E-state index contributed by atoms with van der Waals surface area (Å²) in [6.45, 7) is 0. The first kappa shape index (κ1) is 8.97. The molecule has 0 fully saturated rings. The van der Waals surface area contributed by atoms with Crippen molar-refractivity contribution in [2.24, 2.45) is 0 Å². The zero-order valence-electron chi connectivity index (χ0n) is 5.67. The van der Waals surface area contributed by atoms with E-state index >= 15 is 0 Å². The minimum atomic E-state index is -0.500. The van der Waals surface area contributed by atoms with Gasteiger partial charge in [0.25, 0.3) is 0 Å². The van der Waals surface area contributed by atoms with Gasteiger partial charge < -0.3 is 5.11 Å². The minimum Gasteiger partial charge on any atom is -0.387 e. The van der Waals surface area contributed by atoms with E-state index in [2.05, 4.69) is 20.9 Å². The molecule has 0 amide bonds. The molecule has 4 heteroatoms. The number of alkyl halides is 1. The number of aromatic nitrogens is 1. The van der Waals surface area contributed by atoms with Crippen LogP contribution in [0.2, 0.25) is 5.15 Å². The number of nitrogens with zero attached hydrogens (tertiary/aromatic N) is 1. The number of halogens is 2. The standard InChI is InChI=1S/C7H7BrClNO/c8-3-6(11)5-1-2-7(9)10-4-5/h1-2,4,6,11H,3H2/t6-/m0/s1. The lowest BCUT2D eigenvalue weighted by Gasteiger charge is -2.04. The molecule has 0 aromatic carbocycles. The highest BCUT2D eigenvalue weighted by molar-refractivity contribution is 9.09. The molecule has 1 aromatic rings. The van der Waals surface area contributed by atoms with Gasteiger partial charge in [-0.3, -0.25) is 0 Å². The van der Waals surface area contributed by atoms with Crippen LogP contribution in [0, 0.1) is 0 Å². The molecule has 0 spiro atoms. The van der Waals surface area contributed by atoms with Gasteiger partial charge in [0.05, 0.1) is 6.10 Å². The predicted octanol–water partition coefficient (Wildman–Crippen LogP) is 2.16. The number of aliphatic hydroxyl groups is 1. The second kappa shape index (κ2) is 4.04. The summed E-state index contributed by atoms with van der Waals surface area (Å²) in [5, 5.41) is 10.2. The fraction of sp³-hybridized carbons (Fsp3) is 0.286. The molecule has 2 nitrogen and oxygen atoms in total. The van der Waals surface area contributed by atoms with Crippen LogP contribution in [-0.4, -0.2) is 15.4 Å². The monoisotopic (exact) mass is 235 g/mol. The van der Waals surface area contributed by atoms with E-state index in [9.17, 15) is 5.11 Å². The summed E-state index contributed by atoms with van der Waals surface area (Å²) in [6.07, 6.45) is 1.06. The van der Waals surface area contributed by atoms with Crippen molar-refractivity contribution in [1.29, 1.82) is 0 Å². The highest BCUT2D eigenvalue weighted by atomic mass is 79.9. The van der Waals surface area contributed by atoms with Crippen molar-refractivity contribution < 1.29 is 5.11 Å². The Morgan fingerprint density at radius 2 is 2.36 bits per heavy atom. The first-order valence-corrected chi connectivity index (χ1v) is 4.59. The second-order valence-electron chi connectivity index (χ2n) is 2.08. The fourth-order valence-electron chi connectivity index (χ4n) is 0.673. The minimum absolute atomic E-state index is 0.440. The Morgan fingerprint density at radius 1 is 1.64 bits per heavy atom. The Hall–Kier alpha value is -0.120. The molecule has 0 aliphatic rings. The Labute approximate surface area is 78.3 Å². The number of pyridine rings is 1. The number of hydrogen-bond donors (Lipinski definition) is 1. The van der Waals surface area contributed by atoms with Crippen LogP contribution in [0.4, 0.5) is 0 Å². The lowest BCUT2D eigenvalue weighted by molar-refractivity contribution is 0.205. The van der Waals surface area contributed by atoms with Gasteiger partial charge in [0, 0.05) is 11.5 Å². The lowest BCUT2D eigenvalue weighted by atomic mass is 10.2. The molecule has 0 aliphatic heterocycles. The van der Waals surface area contributed by atoms with Crippen LogP contribution in [0.25, 0.3) is 0 Å². The van der Waals surface area contributed by atoms with Gasteiger partial charge in [-0.15, -0.1) is 0 Å². The molecule has 1 rings (SSSR count). The summed E-state index contributed by atoms with van der Waals surface area (Å²) in [5.74, 6) is 0. The normalized spacial score (nSPS) is 13.0. The maximum absolute atomic E-state index is 9.29. The Morgan fingerprint density at radius 3 is 2.82 bits per heavy atom. The number of aliphatic hydroxyl groups excluding tert-OH is 1. The lowest BCUT2D eigenvalue weighted by Crippen LogP contribution is -1.98. The van der Waals surface area contributed by atoms with Crippen LogP contribution in [0.1, 0.15) is 11.7 Å². The third-order valence-electron chi connectivity index (χ3n) is 1.28. The quantitative estimate of drug-likeness (QED) is 0.631. The number of rotatable bonds is 2. The van der Waals surface area contributed by atoms with Gasteiger partial charge in [0.15, 0.2) is 0 Å². The van der Waals surface area contributed by atoms with Crippen LogP contribution < -0.4 is 0 Å². The van der Waals surface area contributed by atoms with Gasteiger partial charge in [-0.2, -0.15) is 0 Å². The van der Waals surface area contributed by atoms with E-state index in [1.165, 1.54) is 0 Å². The zero-order valence-corrected chi connectivity index (χ0v) is 8.01. The van der Waals surface area contributed by atoms with Crippen molar-refractivity contribution in [2.75, 3.05) is 5.33 Å². The Balaban J connectivity index is 2.81. The molecule has 1 atom stereocenters. The predicted molar refractivity (Wildman–Crippen MR) is 48.0 cm³/mol. The van der Waals surface area contributed by atoms with Gasteiger partial charge in [-0.05, 0) is 11.6 Å². The van der Waals surface area contributed by atoms with Crippen LogP contribution in [0.5, 0.6) is 0 Å². The molecule has 0 saturated carbocycles. The highest BCUT2D eigenvalue weighted by Crippen LogP contribution is 2.15. The van der Waals surface area contributed by atoms with Crippen molar-refractivity contribution >= 4 is 27.5 Å². The summed E-state index contributed by atoms with van der Waals surface area (Å²) >= 11 is 8.71. The summed E-state index contributed by atoms with van der Waals surface area (Å²) in [4.78, 5) is 3.83. The van der Waals surface area contributed by atoms with Crippen LogP contribution in [0.3, 0.4) is 0 Å². The average Bonchev–Trinajstić information content (AvgIpc) is 2.05. The summed E-state index contributed by atoms with van der Waals surface area (Å²) in [7, 11) is 0. The van der Waals surface area contributed by atoms with Gasteiger partial charge in [0.1, 0.15) is 5.15 Å². The van der Waals surface area contributed by atoms with E-state index < -0.39 is 6.10 Å². The van der Waals surface area contributed by atoms with Gasteiger partial charge in [-0.25, -0.2) is 4.98 Å². The Bertz CT molecular complexity index is 226. The molecule has 60 valence electrons. The van der Waals surface area contributed by atoms with E-state index in [1.54, 1.807) is 18.3 Å². The summed E-state index contributed by atoms with van der Waals surface area (Å²) in [5.41, 5.74) is 0.770. The fourth-order valence-corrected chi connectivity index (χ4v) is 1.16. The topological polar surface area (TPSA) is 33.1 Å². The molecule has 1 N–H and O–H groups in total. The Kier molecular flexibility index (Phi) is 3.30. The summed E-state index contributed by atoms with van der Waals surface area (Å²) in [6, 6.07) is 3.41. The third-order valence-corrected chi connectivity index (χ3v) is 2.12. The van der Waals surface area contributed by atoms with Crippen LogP contribution in [0.15, 0.2) is 18.3 Å². The maximum atomic E-state index is 9.29.